The normalized spacial score (nSPS) is 12.0. The Balaban J connectivity index is 2.07. The van der Waals surface area contributed by atoms with Gasteiger partial charge in [0.15, 0.2) is 0 Å². The fourth-order valence-corrected chi connectivity index (χ4v) is 2.76. The molecule has 8 nitrogen and oxygen atoms in total. The molecule has 1 atom stereocenters. The minimum absolute atomic E-state index is 0.0322. The van der Waals surface area contributed by atoms with E-state index in [1.165, 1.54) is 0 Å². The lowest BCUT2D eigenvalue weighted by atomic mass is 9.97. The summed E-state index contributed by atoms with van der Waals surface area (Å²) in [5.74, 6) is -1.41. The molecule has 0 radical (unpaired) electrons. The number of carbonyl (C=O) groups excluding carboxylic acids is 1. The summed E-state index contributed by atoms with van der Waals surface area (Å²) in [6.07, 6.45) is 3.52. The number of hydrogen-bond donors (Lipinski definition) is 3. The van der Waals surface area contributed by atoms with Gasteiger partial charge in [-0.1, -0.05) is 13.8 Å². The van der Waals surface area contributed by atoms with E-state index in [1.54, 1.807) is 31.5 Å². The molecular weight excluding hydrogens is 348 g/mol. The van der Waals surface area contributed by atoms with Gasteiger partial charge in [-0.2, -0.15) is 0 Å². The summed E-state index contributed by atoms with van der Waals surface area (Å²) in [6, 6.07) is 3.51. The molecule has 2 aromatic rings. The van der Waals surface area contributed by atoms with E-state index in [9.17, 15) is 19.5 Å². The number of carboxylic acids is 1. The van der Waals surface area contributed by atoms with Gasteiger partial charge in [-0.3, -0.25) is 19.4 Å². The number of aromatic amines is 1. The molecule has 0 saturated carbocycles. The van der Waals surface area contributed by atoms with Crippen LogP contribution < -0.4 is 10.9 Å². The maximum atomic E-state index is 12.4. The lowest BCUT2D eigenvalue weighted by molar-refractivity contribution is -0.142. The van der Waals surface area contributed by atoms with Gasteiger partial charge in [0.05, 0.1) is 12.3 Å². The fraction of sp³-hybridized carbons (Fsp3) is 0.421. The maximum absolute atomic E-state index is 12.4. The molecule has 2 heterocycles. The molecule has 0 aliphatic carbocycles. The minimum Gasteiger partial charge on any atom is -0.481 e. The van der Waals surface area contributed by atoms with Crippen LogP contribution in [0.25, 0.3) is 11.4 Å². The molecule has 0 fully saturated rings. The van der Waals surface area contributed by atoms with Crippen LogP contribution in [0.3, 0.4) is 0 Å². The molecule has 1 amide bonds. The van der Waals surface area contributed by atoms with Gasteiger partial charge in [0, 0.05) is 35.8 Å². The van der Waals surface area contributed by atoms with Gasteiger partial charge in [-0.05, 0) is 31.4 Å². The van der Waals surface area contributed by atoms with Crippen LogP contribution in [0.1, 0.15) is 31.5 Å². The van der Waals surface area contributed by atoms with E-state index < -0.39 is 23.4 Å². The number of hydrogen-bond acceptors (Lipinski definition) is 5. The van der Waals surface area contributed by atoms with Crippen LogP contribution in [-0.4, -0.2) is 38.5 Å². The van der Waals surface area contributed by atoms with Crippen LogP contribution in [0.15, 0.2) is 29.3 Å². The highest BCUT2D eigenvalue weighted by Gasteiger charge is 2.20. The zero-order valence-corrected chi connectivity index (χ0v) is 15.7. The summed E-state index contributed by atoms with van der Waals surface area (Å²) in [5.41, 5.74) is 0.987. The molecular formula is C19H24N4O4. The quantitative estimate of drug-likeness (QED) is 0.645. The van der Waals surface area contributed by atoms with Crippen LogP contribution in [0.4, 0.5) is 0 Å². The van der Waals surface area contributed by atoms with Crippen LogP contribution in [0.5, 0.6) is 0 Å². The molecule has 1 unspecified atom stereocenters. The average molecular weight is 372 g/mol. The molecule has 0 saturated heterocycles. The summed E-state index contributed by atoms with van der Waals surface area (Å²) in [7, 11) is 0. The average Bonchev–Trinajstić information content (AvgIpc) is 2.61. The van der Waals surface area contributed by atoms with Crippen molar-refractivity contribution in [2.24, 2.45) is 11.8 Å². The fourth-order valence-electron chi connectivity index (χ4n) is 2.76. The third kappa shape index (κ3) is 5.73. The van der Waals surface area contributed by atoms with Crippen LogP contribution in [0.2, 0.25) is 0 Å². The topological polar surface area (TPSA) is 125 Å². The Morgan fingerprint density at radius 2 is 2.07 bits per heavy atom. The first kappa shape index (κ1) is 20.3. The summed E-state index contributed by atoms with van der Waals surface area (Å²) in [5, 5.41) is 11.8. The highest BCUT2D eigenvalue weighted by atomic mass is 16.4. The van der Waals surface area contributed by atoms with Crippen molar-refractivity contribution in [1.29, 1.82) is 0 Å². The van der Waals surface area contributed by atoms with Crippen molar-refractivity contribution in [2.75, 3.05) is 6.54 Å². The number of pyridine rings is 1. The number of amides is 1. The van der Waals surface area contributed by atoms with Crippen molar-refractivity contribution in [3.05, 3.63) is 46.1 Å². The lowest BCUT2D eigenvalue weighted by Gasteiger charge is -2.15. The monoisotopic (exact) mass is 372 g/mol. The van der Waals surface area contributed by atoms with E-state index in [0.717, 1.165) is 0 Å². The predicted molar refractivity (Wildman–Crippen MR) is 100 cm³/mol. The van der Waals surface area contributed by atoms with E-state index in [4.69, 9.17) is 0 Å². The first-order valence-electron chi connectivity index (χ1n) is 8.77. The highest BCUT2D eigenvalue weighted by Crippen LogP contribution is 2.13. The van der Waals surface area contributed by atoms with E-state index in [0.29, 0.717) is 23.5 Å². The van der Waals surface area contributed by atoms with Crippen molar-refractivity contribution < 1.29 is 14.7 Å². The molecule has 0 aromatic carbocycles. The van der Waals surface area contributed by atoms with Crippen molar-refractivity contribution in [3.8, 4) is 11.4 Å². The van der Waals surface area contributed by atoms with Crippen LogP contribution >= 0.6 is 0 Å². The molecule has 2 rings (SSSR count). The number of nitrogens with zero attached hydrogens (tertiary/aromatic N) is 2. The summed E-state index contributed by atoms with van der Waals surface area (Å²) in [4.78, 5) is 46.8. The van der Waals surface area contributed by atoms with E-state index in [-0.39, 0.29) is 24.4 Å². The Labute approximate surface area is 157 Å². The van der Waals surface area contributed by atoms with Crippen molar-refractivity contribution in [3.63, 3.8) is 0 Å². The number of carboxylic acid groups (broad SMARTS) is 1. The summed E-state index contributed by atoms with van der Waals surface area (Å²) >= 11 is 0. The van der Waals surface area contributed by atoms with E-state index >= 15 is 0 Å². The Morgan fingerprint density at radius 3 is 2.63 bits per heavy atom. The van der Waals surface area contributed by atoms with Crippen molar-refractivity contribution in [1.82, 2.24) is 20.3 Å². The lowest BCUT2D eigenvalue weighted by Crippen LogP contribution is -2.35. The first-order chi connectivity index (χ1) is 12.8. The van der Waals surface area contributed by atoms with E-state index in [1.807, 2.05) is 13.8 Å². The highest BCUT2D eigenvalue weighted by molar-refractivity contribution is 5.79. The van der Waals surface area contributed by atoms with Gasteiger partial charge < -0.3 is 15.4 Å². The molecule has 0 aliphatic rings. The van der Waals surface area contributed by atoms with Crippen molar-refractivity contribution >= 4 is 11.9 Å². The van der Waals surface area contributed by atoms with Gasteiger partial charge >= 0.3 is 5.97 Å². The number of aryl methyl sites for hydroxylation is 1. The Hall–Kier alpha value is -3.03. The number of aromatic nitrogens is 3. The largest absolute Gasteiger partial charge is 0.481 e. The SMILES string of the molecule is Cc1nc(-c2cccnc2)[nH]c(=O)c1CC(=O)NCC(CC(C)C)C(=O)O. The second-order valence-corrected chi connectivity index (χ2v) is 6.87. The molecule has 0 bridgehead atoms. The minimum atomic E-state index is -0.944. The number of H-pyrrole nitrogens is 1. The molecule has 144 valence electrons. The van der Waals surface area contributed by atoms with Gasteiger partial charge in [0.25, 0.3) is 5.56 Å². The number of rotatable bonds is 8. The second-order valence-electron chi connectivity index (χ2n) is 6.87. The molecule has 0 aliphatic heterocycles. The van der Waals surface area contributed by atoms with Gasteiger partial charge in [0.2, 0.25) is 5.91 Å². The van der Waals surface area contributed by atoms with Crippen molar-refractivity contribution in [2.45, 2.75) is 33.6 Å². The Bertz CT molecular complexity index is 862. The van der Waals surface area contributed by atoms with Gasteiger partial charge in [0.1, 0.15) is 5.82 Å². The molecule has 0 spiro atoms. The van der Waals surface area contributed by atoms with Crippen LogP contribution in [-0.2, 0) is 16.0 Å². The number of aliphatic carboxylic acids is 1. The zero-order chi connectivity index (χ0) is 20.0. The van der Waals surface area contributed by atoms with E-state index in [2.05, 4.69) is 20.3 Å². The van der Waals surface area contributed by atoms with Crippen LogP contribution in [0, 0.1) is 18.8 Å². The smallest absolute Gasteiger partial charge is 0.308 e. The molecule has 27 heavy (non-hydrogen) atoms. The summed E-state index contributed by atoms with van der Waals surface area (Å²) in [6.45, 7) is 5.55. The Kier molecular flexibility index (Phi) is 6.81. The summed E-state index contributed by atoms with van der Waals surface area (Å²) < 4.78 is 0. The second kappa shape index (κ2) is 9.07. The first-order valence-corrected chi connectivity index (χ1v) is 8.77. The standard InChI is InChI=1S/C19H24N4O4/c1-11(2)7-14(19(26)27)10-21-16(24)8-15-12(3)22-17(23-18(15)25)13-5-4-6-20-9-13/h4-6,9,11,14H,7-8,10H2,1-3H3,(H,21,24)(H,26,27)(H,22,23,25). The van der Waals surface area contributed by atoms with Gasteiger partial charge in [-0.25, -0.2) is 4.98 Å². The Morgan fingerprint density at radius 1 is 1.33 bits per heavy atom. The molecule has 2 aromatic heterocycles. The van der Waals surface area contributed by atoms with Gasteiger partial charge in [-0.15, -0.1) is 0 Å². The third-order valence-electron chi connectivity index (χ3n) is 4.15. The molecule has 3 N–H and O–H groups in total. The predicted octanol–water partition coefficient (Wildman–Crippen LogP) is 1.55. The number of nitrogens with one attached hydrogen (secondary N) is 2. The molecule has 8 heteroatoms. The zero-order valence-electron chi connectivity index (χ0n) is 15.7. The third-order valence-corrected chi connectivity index (χ3v) is 4.15. The maximum Gasteiger partial charge on any atom is 0.308 e. The number of carbonyl (C=O) groups is 2.